The monoisotopic (exact) mass is 388 g/mol. The number of carbonyl (C=O) groups excluding carboxylic acids is 1. The van der Waals surface area contributed by atoms with E-state index in [-0.39, 0.29) is 12.0 Å². The van der Waals surface area contributed by atoms with E-state index in [1.165, 1.54) is 11.3 Å². The summed E-state index contributed by atoms with van der Waals surface area (Å²) in [6.45, 7) is 0.742. The SMILES string of the molecule is COc1ccc(OC)c2c1cc(C(=O)Nc1nnc([C@@H]3CCCO3)s1)n2C. The number of fused-ring (bicyclic) bond motifs is 1. The van der Waals surface area contributed by atoms with Crippen molar-refractivity contribution >= 4 is 33.3 Å². The van der Waals surface area contributed by atoms with Crippen LogP contribution in [0.25, 0.3) is 10.9 Å². The number of benzene rings is 1. The van der Waals surface area contributed by atoms with Crippen molar-refractivity contribution in [2.75, 3.05) is 26.1 Å². The van der Waals surface area contributed by atoms with Crippen molar-refractivity contribution in [3.63, 3.8) is 0 Å². The zero-order valence-electron chi connectivity index (χ0n) is 15.3. The second kappa shape index (κ2) is 7.16. The molecule has 1 atom stereocenters. The number of ether oxygens (including phenoxy) is 3. The zero-order chi connectivity index (χ0) is 19.0. The fraction of sp³-hybridized carbons (Fsp3) is 0.389. The lowest BCUT2D eigenvalue weighted by Crippen LogP contribution is -2.15. The van der Waals surface area contributed by atoms with Gasteiger partial charge in [0.25, 0.3) is 5.91 Å². The molecule has 0 radical (unpaired) electrons. The Morgan fingerprint density at radius 3 is 2.78 bits per heavy atom. The number of nitrogens with zero attached hydrogens (tertiary/aromatic N) is 3. The van der Waals surface area contributed by atoms with E-state index in [9.17, 15) is 4.79 Å². The van der Waals surface area contributed by atoms with Crippen molar-refractivity contribution in [2.24, 2.45) is 7.05 Å². The Labute approximate surface area is 160 Å². The molecule has 0 saturated carbocycles. The van der Waals surface area contributed by atoms with Crippen LogP contribution in [0, 0.1) is 0 Å². The minimum Gasteiger partial charge on any atom is -0.496 e. The first-order valence-electron chi connectivity index (χ1n) is 8.59. The summed E-state index contributed by atoms with van der Waals surface area (Å²) >= 11 is 1.34. The third-order valence-electron chi connectivity index (χ3n) is 4.66. The van der Waals surface area contributed by atoms with Gasteiger partial charge in [0.15, 0.2) is 0 Å². The lowest BCUT2D eigenvalue weighted by molar-refractivity contribution is 0.101. The number of aryl methyl sites for hydroxylation is 1. The maximum atomic E-state index is 12.8. The lowest BCUT2D eigenvalue weighted by Gasteiger charge is -2.08. The average molecular weight is 388 g/mol. The summed E-state index contributed by atoms with van der Waals surface area (Å²) in [4.78, 5) is 12.8. The van der Waals surface area contributed by atoms with E-state index in [1.807, 2.05) is 19.2 Å². The van der Waals surface area contributed by atoms with Gasteiger partial charge in [0, 0.05) is 19.0 Å². The van der Waals surface area contributed by atoms with Crippen LogP contribution in [-0.4, -0.2) is 41.5 Å². The normalized spacial score (nSPS) is 16.6. The van der Waals surface area contributed by atoms with Crippen LogP contribution in [0.5, 0.6) is 11.5 Å². The number of hydrogen-bond acceptors (Lipinski definition) is 7. The summed E-state index contributed by atoms with van der Waals surface area (Å²) in [6.07, 6.45) is 1.94. The largest absolute Gasteiger partial charge is 0.496 e. The molecule has 8 nitrogen and oxygen atoms in total. The molecule has 9 heteroatoms. The fourth-order valence-corrected chi connectivity index (χ4v) is 4.14. The second-order valence-corrected chi connectivity index (χ2v) is 7.23. The standard InChI is InChI=1S/C18H20N4O4S/c1-22-11(9-10-12(24-2)6-7-13(25-3)15(10)22)16(23)19-18-21-20-17(27-18)14-5-4-8-26-14/h6-7,9,14H,4-5,8H2,1-3H3,(H,19,21,23)/t14-/m0/s1. The maximum absolute atomic E-state index is 12.8. The summed E-state index contributed by atoms with van der Waals surface area (Å²) in [7, 11) is 5.01. The Hall–Kier alpha value is -2.65. The molecule has 1 aromatic carbocycles. The van der Waals surface area contributed by atoms with E-state index in [0.717, 1.165) is 35.4 Å². The van der Waals surface area contributed by atoms with Crippen molar-refractivity contribution < 1.29 is 19.0 Å². The number of amides is 1. The predicted octanol–water partition coefficient (Wildman–Crippen LogP) is 3.15. The number of rotatable bonds is 5. The Morgan fingerprint density at radius 1 is 1.30 bits per heavy atom. The number of hydrogen-bond donors (Lipinski definition) is 1. The number of methoxy groups -OCH3 is 2. The highest BCUT2D eigenvalue weighted by atomic mass is 32.1. The van der Waals surface area contributed by atoms with Crippen molar-refractivity contribution in [1.82, 2.24) is 14.8 Å². The summed E-state index contributed by atoms with van der Waals surface area (Å²) in [5.74, 6) is 1.08. The minimum atomic E-state index is -0.271. The molecule has 4 rings (SSSR count). The average Bonchev–Trinajstić information content (AvgIpc) is 3.41. The molecular formula is C18H20N4O4S. The van der Waals surface area contributed by atoms with Crippen LogP contribution < -0.4 is 14.8 Å². The first-order valence-corrected chi connectivity index (χ1v) is 9.40. The predicted molar refractivity (Wildman–Crippen MR) is 102 cm³/mol. The van der Waals surface area contributed by atoms with Crippen LogP contribution in [0.15, 0.2) is 18.2 Å². The van der Waals surface area contributed by atoms with E-state index < -0.39 is 0 Å². The molecule has 1 N–H and O–H groups in total. The van der Waals surface area contributed by atoms with Gasteiger partial charge in [-0.05, 0) is 31.0 Å². The van der Waals surface area contributed by atoms with Crippen LogP contribution in [0.2, 0.25) is 0 Å². The quantitative estimate of drug-likeness (QED) is 0.722. The van der Waals surface area contributed by atoms with Gasteiger partial charge in [-0.15, -0.1) is 10.2 Å². The first kappa shape index (κ1) is 17.7. The fourth-order valence-electron chi connectivity index (χ4n) is 3.32. The number of carbonyl (C=O) groups is 1. The Bertz CT molecular complexity index is 991. The first-order chi connectivity index (χ1) is 13.1. The Balaban J connectivity index is 1.64. The van der Waals surface area contributed by atoms with Crippen LogP contribution in [0.4, 0.5) is 5.13 Å². The molecule has 27 heavy (non-hydrogen) atoms. The smallest absolute Gasteiger partial charge is 0.274 e. The van der Waals surface area contributed by atoms with Crippen molar-refractivity contribution in [3.8, 4) is 11.5 Å². The number of anilines is 1. The summed E-state index contributed by atoms with van der Waals surface area (Å²) in [5, 5.41) is 13.1. The van der Waals surface area contributed by atoms with Crippen LogP contribution in [-0.2, 0) is 11.8 Å². The van der Waals surface area contributed by atoms with Crippen molar-refractivity contribution in [1.29, 1.82) is 0 Å². The van der Waals surface area contributed by atoms with E-state index in [4.69, 9.17) is 14.2 Å². The van der Waals surface area contributed by atoms with Crippen molar-refractivity contribution in [2.45, 2.75) is 18.9 Å². The van der Waals surface area contributed by atoms with E-state index in [1.54, 1.807) is 24.9 Å². The van der Waals surface area contributed by atoms with Crippen LogP contribution in [0.1, 0.15) is 34.4 Å². The summed E-state index contributed by atoms with van der Waals surface area (Å²) in [6, 6.07) is 5.43. The van der Waals surface area contributed by atoms with Crippen LogP contribution >= 0.6 is 11.3 Å². The lowest BCUT2D eigenvalue weighted by atomic mass is 10.2. The molecule has 3 heterocycles. The van der Waals surface area contributed by atoms with E-state index in [0.29, 0.717) is 22.3 Å². The second-order valence-electron chi connectivity index (χ2n) is 6.22. The van der Waals surface area contributed by atoms with E-state index >= 15 is 0 Å². The molecule has 1 fully saturated rings. The van der Waals surface area contributed by atoms with Gasteiger partial charge in [0.05, 0.1) is 19.7 Å². The highest BCUT2D eigenvalue weighted by Crippen LogP contribution is 2.36. The minimum absolute atomic E-state index is 0.0145. The van der Waals surface area contributed by atoms with Crippen molar-refractivity contribution in [3.05, 3.63) is 28.9 Å². The maximum Gasteiger partial charge on any atom is 0.274 e. The molecule has 1 aliphatic rings. The highest BCUT2D eigenvalue weighted by molar-refractivity contribution is 7.15. The summed E-state index contributed by atoms with van der Waals surface area (Å²) in [5.41, 5.74) is 1.26. The molecular weight excluding hydrogens is 368 g/mol. The van der Waals surface area contributed by atoms with Gasteiger partial charge in [-0.25, -0.2) is 0 Å². The molecule has 0 aliphatic carbocycles. The summed E-state index contributed by atoms with van der Waals surface area (Å²) < 4.78 is 18.3. The Kier molecular flexibility index (Phi) is 4.71. The zero-order valence-corrected chi connectivity index (χ0v) is 16.1. The van der Waals surface area contributed by atoms with Gasteiger partial charge in [-0.1, -0.05) is 11.3 Å². The van der Waals surface area contributed by atoms with Gasteiger partial charge in [0.2, 0.25) is 5.13 Å². The molecule has 3 aromatic rings. The van der Waals surface area contributed by atoms with Gasteiger partial charge < -0.3 is 18.8 Å². The number of nitrogens with one attached hydrogen (secondary N) is 1. The third kappa shape index (κ3) is 3.13. The van der Waals surface area contributed by atoms with Crippen LogP contribution in [0.3, 0.4) is 0 Å². The topological polar surface area (TPSA) is 87.5 Å². The molecule has 1 amide bonds. The van der Waals surface area contributed by atoms with Gasteiger partial charge >= 0.3 is 0 Å². The molecule has 1 aliphatic heterocycles. The van der Waals surface area contributed by atoms with Gasteiger partial charge in [0.1, 0.15) is 28.3 Å². The van der Waals surface area contributed by atoms with Gasteiger partial charge in [-0.2, -0.15) is 0 Å². The van der Waals surface area contributed by atoms with Gasteiger partial charge in [-0.3, -0.25) is 10.1 Å². The van der Waals surface area contributed by atoms with E-state index in [2.05, 4.69) is 15.5 Å². The highest BCUT2D eigenvalue weighted by Gasteiger charge is 2.24. The molecule has 2 aromatic heterocycles. The Morgan fingerprint density at radius 2 is 2.07 bits per heavy atom. The molecule has 1 saturated heterocycles. The number of aromatic nitrogens is 3. The molecule has 0 unspecified atom stereocenters. The molecule has 142 valence electrons. The third-order valence-corrected chi connectivity index (χ3v) is 5.59. The molecule has 0 bridgehead atoms. The molecule has 0 spiro atoms.